The van der Waals surface area contributed by atoms with E-state index in [1.54, 1.807) is 12.1 Å². The number of hydrogen-bond acceptors (Lipinski definition) is 6. The topological polar surface area (TPSA) is 99.4 Å². The molecule has 122 valence electrons. The number of benzene rings is 2. The number of nitro groups is 1. The molecule has 0 aliphatic heterocycles. The molecule has 7 nitrogen and oxygen atoms in total. The van der Waals surface area contributed by atoms with Gasteiger partial charge in [0.05, 0.1) is 10.3 Å². The van der Waals surface area contributed by atoms with E-state index in [1.807, 2.05) is 6.92 Å². The molecule has 0 aliphatic rings. The zero-order valence-electron chi connectivity index (χ0n) is 12.5. The van der Waals surface area contributed by atoms with Crippen LogP contribution in [-0.4, -0.2) is 18.3 Å². The van der Waals surface area contributed by atoms with Gasteiger partial charge in [0.1, 0.15) is 10.4 Å². The molecule has 1 heterocycles. The van der Waals surface area contributed by atoms with Gasteiger partial charge in [-0.15, -0.1) is 0 Å². The van der Waals surface area contributed by atoms with Crippen LogP contribution >= 0.6 is 0 Å². The second-order valence-corrected chi connectivity index (χ2v) is 6.64. The van der Waals surface area contributed by atoms with Crippen LogP contribution in [0.1, 0.15) is 5.56 Å². The Morgan fingerprint density at radius 1 is 1.08 bits per heavy atom. The first-order valence-corrected chi connectivity index (χ1v) is 8.32. The van der Waals surface area contributed by atoms with Gasteiger partial charge in [-0.3, -0.25) is 15.1 Å². The fourth-order valence-corrected chi connectivity index (χ4v) is 3.17. The number of nitro benzene ring substituents is 1. The van der Waals surface area contributed by atoms with Crippen LogP contribution < -0.4 is 4.18 Å². The van der Waals surface area contributed by atoms with Gasteiger partial charge in [0.2, 0.25) is 0 Å². The quantitative estimate of drug-likeness (QED) is 0.409. The van der Waals surface area contributed by atoms with Crippen LogP contribution in [0.5, 0.6) is 5.75 Å². The zero-order chi connectivity index (χ0) is 17.3. The van der Waals surface area contributed by atoms with Gasteiger partial charge >= 0.3 is 10.1 Å². The van der Waals surface area contributed by atoms with Crippen molar-refractivity contribution in [1.82, 2.24) is 4.98 Å². The number of aromatic nitrogens is 1. The highest BCUT2D eigenvalue weighted by Crippen LogP contribution is 2.32. The van der Waals surface area contributed by atoms with Gasteiger partial charge in [-0.05, 0) is 37.3 Å². The molecular formula is C16H12N2O5S. The van der Waals surface area contributed by atoms with Crippen LogP contribution in [0.15, 0.2) is 59.6 Å². The summed E-state index contributed by atoms with van der Waals surface area (Å²) >= 11 is 0. The van der Waals surface area contributed by atoms with Crippen molar-refractivity contribution in [2.75, 3.05) is 0 Å². The molecule has 8 heteroatoms. The molecule has 0 N–H and O–H groups in total. The molecule has 0 bridgehead atoms. The molecule has 1 aromatic heterocycles. The van der Waals surface area contributed by atoms with Crippen LogP contribution in [0.25, 0.3) is 10.9 Å². The molecule has 0 unspecified atom stereocenters. The summed E-state index contributed by atoms with van der Waals surface area (Å²) in [6.45, 7) is 1.84. The maximum Gasteiger partial charge on any atom is 0.339 e. The standard InChI is InChI=1S/C16H12N2O5S/c1-11-4-6-12(7-5-11)24(21,22)23-15-9-8-14(18(19)20)13-3-2-10-17-16(13)15/h2-10H,1H3. The first kappa shape index (κ1) is 15.9. The summed E-state index contributed by atoms with van der Waals surface area (Å²) in [6, 6.07) is 11.6. The summed E-state index contributed by atoms with van der Waals surface area (Å²) in [5, 5.41) is 11.3. The molecule has 24 heavy (non-hydrogen) atoms. The second-order valence-electron chi connectivity index (χ2n) is 5.09. The van der Waals surface area contributed by atoms with E-state index in [0.717, 1.165) is 5.56 Å². The van der Waals surface area contributed by atoms with Gasteiger partial charge in [-0.1, -0.05) is 17.7 Å². The number of hydrogen-bond donors (Lipinski definition) is 0. The Morgan fingerprint density at radius 3 is 2.46 bits per heavy atom. The van der Waals surface area contributed by atoms with Crippen LogP contribution in [0.4, 0.5) is 5.69 Å². The molecule has 0 amide bonds. The molecule has 2 aromatic carbocycles. The van der Waals surface area contributed by atoms with Gasteiger partial charge in [0.25, 0.3) is 5.69 Å². The van der Waals surface area contributed by atoms with Gasteiger partial charge < -0.3 is 4.18 Å². The van der Waals surface area contributed by atoms with Crippen molar-refractivity contribution < 1.29 is 17.5 Å². The largest absolute Gasteiger partial charge is 0.377 e. The number of non-ortho nitro benzene ring substituents is 1. The smallest absolute Gasteiger partial charge is 0.339 e. The Morgan fingerprint density at radius 2 is 1.79 bits per heavy atom. The molecule has 0 aliphatic carbocycles. The number of fused-ring (bicyclic) bond motifs is 1. The predicted molar refractivity (Wildman–Crippen MR) is 87.4 cm³/mol. The van der Waals surface area contributed by atoms with Crippen molar-refractivity contribution in [3.05, 3.63) is 70.4 Å². The van der Waals surface area contributed by atoms with E-state index < -0.39 is 15.0 Å². The van der Waals surface area contributed by atoms with E-state index in [1.165, 1.54) is 42.6 Å². The fraction of sp³-hybridized carbons (Fsp3) is 0.0625. The van der Waals surface area contributed by atoms with Gasteiger partial charge in [-0.2, -0.15) is 8.42 Å². The van der Waals surface area contributed by atoms with Crippen LogP contribution in [0.2, 0.25) is 0 Å². The maximum absolute atomic E-state index is 12.4. The number of aryl methyl sites for hydroxylation is 1. The van der Waals surface area contributed by atoms with Gasteiger partial charge in [0, 0.05) is 12.3 Å². The van der Waals surface area contributed by atoms with Crippen molar-refractivity contribution in [2.45, 2.75) is 11.8 Å². The molecule has 0 saturated heterocycles. The third-order valence-corrected chi connectivity index (χ3v) is 4.66. The van der Waals surface area contributed by atoms with Crippen molar-refractivity contribution in [2.24, 2.45) is 0 Å². The highest BCUT2D eigenvalue weighted by Gasteiger charge is 2.21. The molecular weight excluding hydrogens is 332 g/mol. The van der Waals surface area contributed by atoms with E-state index in [0.29, 0.717) is 0 Å². The summed E-state index contributed by atoms with van der Waals surface area (Å²) in [7, 11) is -4.06. The van der Waals surface area contributed by atoms with Crippen molar-refractivity contribution in [1.29, 1.82) is 0 Å². The first-order chi connectivity index (χ1) is 11.4. The number of pyridine rings is 1. The van der Waals surface area contributed by atoms with E-state index in [2.05, 4.69) is 4.98 Å². The van der Waals surface area contributed by atoms with E-state index in [4.69, 9.17) is 4.18 Å². The minimum absolute atomic E-state index is 0.00414. The van der Waals surface area contributed by atoms with Crippen LogP contribution in [0, 0.1) is 17.0 Å². The van der Waals surface area contributed by atoms with E-state index in [9.17, 15) is 18.5 Å². The molecule has 0 radical (unpaired) electrons. The highest BCUT2D eigenvalue weighted by molar-refractivity contribution is 7.87. The van der Waals surface area contributed by atoms with Crippen LogP contribution in [0.3, 0.4) is 0 Å². The average molecular weight is 344 g/mol. The minimum Gasteiger partial charge on any atom is -0.377 e. The normalized spacial score (nSPS) is 11.4. The van der Waals surface area contributed by atoms with Crippen molar-refractivity contribution in [3.63, 3.8) is 0 Å². The Labute approximate surface area is 137 Å². The Kier molecular flexibility index (Phi) is 3.90. The van der Waals surface area contributed by atoms with E-state index >= 15 is 0 Å². The Hall–Kier alpha value is -3.00. The highest BCUT2D eigenvalue weighted by atomic mass is 32.2. The lowest BCUT2D eigenvalue weighted by atomic mass is 10.2. The molecule has 0 fully saturated rings. The van der Waals surface area contributed by atoms with E-state index in [-0.39, 0.29) is 27.2 Å². The average Bonchev–Trinajstić information content (AvgIpc) is 2.55. The first-order valence-electron chi connectivity index (χ1n) is 6.92. The zero-order valence-corrected chi connectivity index (χ0v) is 13.4. The lowest BCUT2D eigenvalue weighted by Crippen LogP contribution is -2.10. The summed E-state index contributed by atoms with van der Waals surface area (Å²) in [5.41, 5.74) is 0.858. The molecule has 3 aromatic rings. The summed E-state index contributed by atoms with van der Waals surface area (Å²) < 4.78 is 29.9. The third-order valence-electron chi connectivity index (χ3n) is 3.42. The number of rotatable bonds is 4. The Balaban J connectivity index is 2.09. The minimum atomic E-state index is -4.06. The predicted octanol–water partition coefficient (Wildman–Crippen LogP) is 3.22. The van der Waals surface area contributed by atoms with Crippen molar-refractivity contribution in [3.8, 4) is 5.75 Å². The SMILES string of the molecule is Cc1ccc(S(=O)(=O)Oc2ccc([N+](=O)[O-])c3cccnc23)cc1. The van der Waals surface area contributed by atoms with Gasteiger partial charge in [0.15, 0.2) is 5.75 Å². The molecule has 0 saturated carbocycles. The fourth-order valence-electron chi connectivity index (χ4n) is 2.23. The lowest BCUT2D eigenvalue weighted by Gasteiger charge is -2.09. The molecule has 0 spiro atoms. The monoisotopic (exact) mass is 344 g/mol. The van der Waals surface area contributed by atoms with Gasteiger partial charge in [-0.25, -0.2) is 0 Å². The lowest BCUT2D eigenvalue weighted by molar-refractivity contribution is -0.383. The molecule has 3 rings (SSSR count). The molecule has 0 atom stereocenters. The summed E-state index contributed by atoms with van der Waals surface area (Å²) in [5.74, 6) is -0.0585. The summed E-state index contributed by atoms with van der Waals surface area (Å²) in [4.78, 5) is 14.5. The third kappa shape index (κ3) is 2.91. The van der Waals surface area contributed by atoms with Crippen molar-refractivity contribution >= 4 is 26.7 Å². The second kappa shape index (κ2) is 5.89. The van der Waals surface area contributed by atoms with Crippen LogP contribution in [-0.2, 0) is 10.1 Å². The maximum atomic E-state index is 12.4. The summed E-state index contributed by atoms with van der Waals surface area (Å²) in [6.07, 6.45) is 1.41. The number of nitrogens with zero attached hydrogens (tertiary/aromatic N) is 2. The Bertz CT molecular complexity index is 1030.